The van der Waals surface area contributed by atoms with Crippen molar-refractivity contribution in [2.45, 2.75) is 13.8 Å². The zero-order valence-electron chi connectivity index (χ0n) is 11.4. The summed E-state index contributed by atoms with van der Waals surface area (Å²) in [6.07, 6.45) is 0. The third-order valence-electron chi connectivity index (χ3n) is 2.41. The normalized spacial score (nSPS) is 11.1. The molecule has 1 rings (SSSR count). The number of hydrogen-bond acceptors (Lipinski definition) is 7. The number of halogens is 1. The molecule has 8 heteroatoms. The fraction of sp³-hybridized carbons (Fsp3) is 0.250. The molecule has 20 heavy (non-hydrogen) atoms. The minimum atomic E-state index is -0.781. The molecule has 108 valence electrons. The van der Waals surface area contributed by atoms with Gasteiger partial charge in [0.2, 0.25) is 0 Å². The Bertz CT molecular complexity index is 593. The molecule has 0 aliphatic rings. The number of nitrogens with zero attached hydrogens (tertiary/aromatic N) is 2. The molecule has 0 aromatic carbocycles. The van der Waals surface area contributed by atoms with Gasteiger partial charge in [0.1, 0.15) is 16.6 Å². The van der Waals surface area contributed by atoms with Crippen molar-refractivity contribution in [3.63, 3.8) is 0 Å². The Hall–Kier alpha value is -2.28. The van der Waals surface area contributed by atoms with Crippen molar-refractivity contribution in [2.75, 3.05) is 7.11 Å². The van der Waals surface area contributed by atoms with E-state index in [0.29, 0.717) is 17.0 Å². The van der Waals surface area contributed by atoms with Crippen molar-refractivity contribution in [1.29, 1.82) is 0 Å². The minimum Gasteiger partial charge on any atom is -0.464 e. The van der Waals surface area contributed by atoms with E-state index in [2.05, 4.69) is 21.5 Å². The zero-order chi connectivity index (χ0) is 15.4. The predicted molar refractivity (Wildman–Crippen MR) is 75.7 cm³/mol. The molecule has 0 aliphatic heterocycles. The maximum absolute atomic E-state index is 11.7. The van der Waals surface area contributed by atoms with Crippen LogP contribution in [0.15, 0.2) is 26.9 Å². The summed E-state index contributed by atoms with van der Waals surface area (Å²) >= 11 is 5.86. The van der Waals surface area contributed by atoms with Crippen LogP contribution in [0.1, 0.15) is 17.0 Å². The number of hydrogen-bond donors (Lipinski definition) is 2. The quantitative estimate of drug-likeness (QED) is 0.637. The molecule has 1 aromatic rings. The van der Waals surface area contributed by atoms with Crippen LogP contribution in [-0.4, -0.2) is 23.9 Å². The molecule has 0 aliphatic carbocycles. The molecular formula is C12H15ClN4O3. The lowest BCUT2D eigenvalue weighted by molar-refractivity contribution is -0.132. The number of aliphatic imine (C=N–C) groups is 1. The lowest BCUT2D eigenvalue weighted by Crippen LogP contribution is -2.22. The van der Waals surface area contributed by atoms with Crippen molar-refractivity contribution in [3.8, 4) is 0 Å². The van der Waals surface area contributed by atoms with E-state index in [1.165, 1.54) is 7.11 Å². The average molecular weight is 299 g/mol. The lowest BCUT2D eigenvalue weighted by atomic mass is 10.1. The molecule has 0 atom stereocenters. The summed E-state index contributed by atoms with van der Waals surface area (Å²) in [5.74, 6) is -0.514. The van der Waals surface area contributed by atoms with E-state index in [1.807, 2.05) is 0 Å². The average Bonchev–Trinajstić information content (AvgIpc) is 2.73. The van der Waals surface area contributed by atoms with Gasteiger partial charge in [0.15, 0.2) is 5.71 Å². The first kappa shape index (κ1) is 15.8. The van der Waals surface area contributed by atoms with Crippen LogP contribution in [0.4, 0.5) is 0 Å². The summed E-state index contributed by atoms with van der Waals surface area (Å²) in [5, 5.41) is 3.57. The second kappa shape index (κ2) is 6.25. The molecule has 0 bridgehead atoms. The topological polar surface area (TPSA) is 117 Å². The van der Waals surface area contributed by atoms with Crippen molar-refractivity contribution in [3.05, 3.63) is 34.4 Å². The monoisotopic (exact) mass is 298 g/mol. The van der Waals surface area contributed by atoms with Gasteiger partial charge >= 0.3 is 5.97 Å². The van der Waals surface area contributed by atoms with E-state index in [-0.39, 0.29) is 22.3 Å². The molecule has 0 saturated carbocycles. The molecule has 0 radical (unpaired) electrons. The number of ether oxygens (including phenoxy) is 1. The second-order valence-corrected chi connectivity index (χ2v) is 4.25. The maximum Gasteiger partial charge on any atom is 0.358 e. The Morgan fingerprint density at radius 3 is 2.45 bits per heavy atom. The molecule has 0 spiro atoms. The van der Waals surface area contributed by atoms with Crippen LogP contribution in [0.5, 0.6) is 0 Å². The van der Waals surface area contributed by atoms with Gasteiger partial charge in [0, 0.05) is 0 Å². The van der Waals surface area contributed by atoms with Crippen LogP contribution < -0.4 is 11.5 Å². The molecule has 0 saturated heterocycles. The number of nitrogens with two attached hydrogens (primary N) is 2. The Balaban J connectivity index is 3.32. The number of aromatic nitrogens is 1. The fourth-order valence-electron chi connectivity index (χ4n) is 1.50. The predicted octanol–water partition coefficient (Wildman–Crippen LogP) is 1.20. The van der Waals surface area contributed by atoms with Crippen LogP contribution in [-0.2, 0) is 9.53 Å². The van der Waals surface area contributed by atoms with Gasteiger partial charge in [-0.15, -0.1) is 0 Å². The van der Waals surface area contributed by atoms with Crippen LogP contribution in [0.3, 0.4) is 0 Å². The molecular weight excluding hydrogens is 284 g/mol. The third kappa shape index (κ3) is 3.18. The molecule has 0 fully saturated rings. The molecule has 0 amide bonds. The first-order valence-corrected chi connectivity index (χ1v) is 5.87. The van der Waals surface area contributed by atoms with Crippen LogP contribution in [0.2, 0.25) is 0 Å². The molecule has 1 heterocycles. The highest BCUT2D eigenvalue weighted by Crippen LogP contribution is 2.23. The van der Waals surface area contributed by atoms with E-state index in [4.69, 9.17) is 27.6 Å². The third-order valence-corrected chi connectivity index (χ3v) is 2.81. The van der Waals surface area contributed by atoms with Gasteiger partial charge in [0.25, 0.3) is 0 Å². The lowest BCUT2D eigenvalue weighted by Gasteiger charge is -2.06. The van der Waals surface area contributed by atoms with Crippen molar-refractivity contribution < 1.29 is 14.1 Å². The van der Waals surface area contributed by atoms with Crippen LogP contribution >= 0.6 is 11.6 Å². The number of carbonyl (C=O) groups excluding carboxylic acids is 1. The molecule has 4 N–H and O–H groups in total. The number of aryl methyl sites for hydroxylation is 2. The Labute approximate surface area is 120 Å². The van der Waals surface area contributed by atoms with Gasteiger partial charge in [-0.2, -0.15) is 0 Å². The summed E-state index contributed by atoms with van der Waals surface area (Å²) in [7, 11) is 1.19. The summed E-state index contributed by atoms with van der Waals surface area (Å²) in [6.45, 7) is 7.18. The highest BCUT2D eigenvalue weighted by atomic mass is 35.5. The first-order chi connectivity index (χ1) is 9.29. The van der Waals surface area contributed by atoms with E-state index in [9.17, 15) is 4.79 Å². The fourth-order valence-corrected chi connectivity index (χ4v) is 1.62. The Morgan fingerprint density at radius 1 is 1.45 bits per heavy atom. The Kier molecular flexibility index (Phi) is 4.93. The largest absolute Gasteiger partial charge is 0.464 e. The molecule has 0 unspecified atom stereocenters. The van der Waals surface area contributed by atoms with Gasteiger partial charge in [-0.05, 0) is 13.8 Å². The summed E-state index contributed by atoms with van der Waals surface area (Å²) < 4.78 is 9.58. The van der Waals surface area contributed by atoms with Crippen LogP contribution in [0, 0.1) is 13.8 Å². The van der Waals surface area contributed by atoms with Crippen molar-refractivity contribution in [2.24, 2.45) is 16.5 Å². The maximum atomic E-state index is 11.7. The smallest absolute Gasteiger partial charge is 0.358 e. The number of carbonyl (C=O) groups is 1. The summed E-state index contributed by atoms with van der Waals surface area (Å²) in [4.78, 5) is 15.7. The van der Waals surface area contributed by atoms with Crippen molar-refractivity contribution >= 4 is 29.0 Å². The van der Waals surface area contributed by atoms with E-state index < -0.39 is 5.97 Å². The van der Waals surface area contributed by atoms with Gasteiger partial charge in [-0.25, -0.2) is 9.79 Å². The van der Waals surface area contributed by atoms with E-state index in [0.717, 1.165) is 0 Å². The minimum absolute atomic E-state index is 0.204. The van der Waals surface area contributed by atoms with Crippen molar-refractivity contribution in [1.82, 2.24) is 5.16 Å². The first-order valence-electron chi connectivity index (χ1n) is 5.49. The number of esters is 1. The van der Waals surface area contributed by atoms with Crippen LogP contribution in [0.25, 0.3) is 5.70 Å². The summed E-state index contributed by atoms with van der Waals surface area (Å²) in [5.41, 5.74) is 11.9. The van der Waals surface area contributed by atoms with Gasteiger partial charge < -0.3 is 20.7 Å². The number of rotatable bonds is 4. The highest BCUT2D eigenvalue weighted by Gasteiger charge is 2.20. The Morgan fingerprint density at radius 2 is 2.05 bits per heavy atom. The van der Waals surface area contributed by atoms with Gasteiger partial charge in [-0.3, -0.25) is 0 Å². The highest BCUT2D eigenvalue weighted by molar-refractivity contribution is 6.58. The molecule has 1 aromatic heterocycles. The molecule has 7 nitrogen and oxygen atoms in total. The van der Waals surface area contributed by atoms with E-state index >= 15 is 0 Å². The van der Waals surface area contributed by atoms with E-state index in [1.54, 1.807) is 13.8 Å². The standard InChI is InChI=1S/C12H15ClN4O3/c1-5(8-6(2)17-20-7(8)3)16-10(12(18)19-4)9(13)11(14)15/h1,14-15H2,2-4H3/b16-10+. The summed E-state index contributed by atoms with van der Waals surface area (Å²) in [6, 6.07) is 0. The SMILES string of the molecule is C=C(/N=C(/C(=O)OC)C(Cl)=C(N)N)c1c(C)noc1C. The second-order valence-electron chi connectivity index (χ2n) is 3.87. The number of methoxy groups -OCH3 is 1. The van der Waals surface area contributed by atoms with Gasteiger partial charge in [0.05, 0.1) is 24.1 Å². The van der Waals surface area contributed by atoms with Gasteiger partial charge in [-0.1, -0.05) is 23.3 Å². The zero-order valence-corrected chi connectivity index (χ0v) is 12.1.